The van der Waals surface area contributed by atoms with Gasteiger partial charge in [0.2, 0.25) is 0 Å². The summed E-state index contributed by atoms with van der Waals surface area (Å²) in [5.41, 5.74) is 0.960. The van der Waals surface area contributed by atoms with Gasteiger partial charge in [-0.2, -0.15) is 0 Å². The number of fused-ring (bicyclic) bond motifs is 1. The van der Waals surface area contributed by atoms with Gasteiger partial charge >= 0.3 is 0 Å². The van der Waals surface area contributed by atoms with Crippen LogP contribution in [0.3, 0.4) is 0 Å². The third-order valence-electron chi connectivity index (χ3n) is 3.24. The molecule has 2 aromatic rings. The van der Waals surface area contributed by atoms with Crippen molar-refractivity contribution in [2.75, 3.05) is 6.54 Å². The molecule has 17 heavy (non-hydrogen) atoms. The molecule has 0 saturated carbocycles. The minimum absolute atomic E-state index is 0.538. The standard InChI is InChI=1S/C12H13BrClN3/c13-9-4-2-6-17-10(16-12(14)11(9)17)7-8-3-1-5-15-8/h2,4,6,8,15H,1,3,5,7H2. The lowest BCUT2D eigenvalue weighted by Gasteiger charge is -2.08. The summed E-state index contributed by atoms with van der Waals surface area (Å²) in [6.45, 7) is 1.12. The maximum absolute atomic E-state index is 6.19. The zero-order chi connectivity index (χ0) is 11.8. The van der Waals surface area contributed by atoms with Crippen LogP contribution < -0.4 is 5.32 Å². The Morgan fingerprint density at radius 1 is 1.59 bits per heavy atom. The average Bonchev–Trinajstić information content (AvgIpc) is 2.90. The van der Waals surface area contributed by atoms with E-state index in [0.29, 0.717) is 11.2 Å². The molecule has 0 aliphatic carbocycles. The van der Waals surface area contributed by atoms with E-state index in [-0.39, 0.29) is 0 Å². The Labute approximate surface area is 113 Å². The second-order valence-corrected chi connectivity index (χ2v) is 5.60. The number of hydrogen-bond acceptors (Lipinski definition) is 2. The molecule has 0 amide bonds. The van der Waals surface area contributed by atoms with Crippen molar-refractivity contribution in [1.29, 1.82) is 0 Å². The average molecular weight is 315 g/mol. The number of halogens is 2. The molecular formula is C12H13BrClN3. The van der Waals surface area contributed by atoms with Crippen molar-refractivity contribution >= 4 is 33.0 Å². The molecule has 0 aromatic carbocycles. The number of aromatic nitrogens is 2. The van der Waals surface area contributed by atoms with Crippen LogP contribution in [0.15, 0.2) is 22.8 Å². The minimum atomic E-state index is 0.538. The van der Waals surface area contributed by atoms with Gasteiger partial charge in [0, 0.05) is 23.1 Å². The Morgan fingerprint density at radius 3 is 3.24 bits per heavy atom. The summed E-state index contributed by atoms with van der Waals surface area (Å²) in [6.07, 6.45) is 5.43. The summed E-state index contributed by atoms with van der Waals surface area (Å²) in [4.78, 5) is 4.47. The van der Waals surface area contributed by atoms with E-state index in [9.17, 15) is 0 Å². The molecule has 1 saturated heterocycles. The number of rotatable bonds is 2. The Balaban J connectivity index is 2.01. The van der Waals surface area contributed by atoms with E-state index in [1.165, 1.54) is 12.8 Å². The molecule has 1 fully saturated rings. The van der Waals surface area contributed by atoms with Gasteiger partial charge < -0.3 is 9.72 Å². The predicted octanol–water partition coefficient (Wildman–Crippen LogP) is 3.04. The fraction of sp³-hybridized carbons (Fsp3) is 0.417. The molecule has 3 heterocycles. The van der Waals surface area contributed by atoms with Gasteiger partial charge in [0.1, 0.15) is 5.82 Å². The van der Waals surface area contributed by atoms with Crippen molar-refractivity contribution in [2.24, 2.45) is 0 Å². The molecule has 1 aliphatic rings. The highest BCUT2D eigenvalue weighted by Crippen LogP contribution is 2.27. The summed E-state index contributed by atoms with van der Waals surface area (Å²) in [5, 5.41) is 4.06. The maximum Gasteiger partial charge on any atom is 0.156 e. The molecule has 1 atom stereocenters. The molecule has 5 heteroatoms. The number of pyridine rings is 1. The zero-order valence-corrected chi connectivity index (χ0v) is 11.6. The van der Waals surface area contributed by atoms with Crippen LogP contribution in [-0.4, -0.2) is 22.0 Å². The molecule has 0 spiro atoms. The molecular weight excluding hydrogens is 302 g/mol. The first-order valence-corrected chi connectivity index (χ1v) is 6.97. The van der Waals surface area contributed by atoms with Gasteiger partial charge in [0.05, 0.1) is 5.52 Å². The van der Waals surface area contributed by atoms with E-state index in [2.05, 4.69) is 30.6 Å². The lowest BCUT2D eigenvalue weighted by molar-refractivity contribution is 0.584. The summed E-state index contributed by atoms with van der Waals surface area (Å²) in [5.74, 6) is 1.03. The lowest BCUT2D eigenvalue weighted by Crippen LogP contribution is -2.24. The first-order valence-electron chi connectivity index (χ1n) is 5.80. The van der Waals surface area contributed by atoms with Crippen molar-refractivity contribution in [1.82, 2.24) is 14.7 Å². The van der Waals surface area contributed by atoms with Crippen LogP contribution in [0.25, 0.3) is 5.52 Å². The number of imidazole rings is 1. The molecule has 90 valence electrons. The van der Waals surface area contributed by atoms with Crippen molar-refractivity contribution in [3.8, 4) is 0 Å². The largest absolute Gasteiger partial charge is 0.314 e. The van der Waals surface area contributed by atoms with Crippen LogP contribution in [0.1, 0.15) is 18.7 Å². The summed E-state index contributed by atoms with van der Waals surface area (Å²) in [7, 11) is 0. The van der Waals surface area contributed by atoms with Crippen LogP contribution in [0.4, 0.5) is 0 Å². The Hall–Kier alpha value is -0.580. The molecule has 0 bridgehead atoms. The fourth-order valence-corrected chi connectivity index (χ4v) is 3.35. The number of nitrogens with zero attached hydrogens (tertiary/aromatic N) is 2. The summed E-state index contributed by atoms with van der Waals surface area (Å²) < 4.78 is 3.06. The first kappa shape index (κ1) is 11.5. The number of nitrogens with one attached hydrogen (secondary N) is 1. The van der Waals surface area contributed by atoms with E-state index < -0.39 is 0 Å². The molecule has 3 rings (SSSR count). The predicted molar refractivity (Wildman–Crippen MR) is 72.6 cm³/mol. The number of hydrogen-bond donors (Lipinski definition) is 1. The van der Waals surface area contributed by atoms with Gasteiger partial charge in [-0.25, -0.2) is 4.98 Å². The molecule has 2 aromatic heterocycles. The van der Waals surface area contributed by atoms with E-state index in [0.717, 1.165) is 28.8 Å². The second-order valence-electron chi connectivity index (χ2n) is 4.39. The van der Waals surface area contributed by atoms with E-state index in [1.807, 2.05) is 18.3 Å². The van der Waals surface area contributed by atoms with Gasteiger partial charge in [-0.1, -0.05) is 11.6 Å². The van der Waals surface area contributed by atoms with Gasteiger partial charge in [-0.05, 0) is 47.4 Å². The highest BCUT2D eigenvalue weighted by Gasteiger charge is 2.19. The highest BCUT2D eigenvalue weighted by atomic mass is 79.9. The summed E-state index contributed by atoms with van der Waals surface area (Å²) in [6, 6.07) is 4.52. The van der Waals surface area contributed by atoms with Crippen LogP contribution in [0.5, 0.6) is 0 Å². The van der Waals surface area contributed by atoms with Crippen LogP contribution in [0, 0.1) is 0 Å². The fourth-order valence-electron chi connectivity index (χ4n) is 2.41. The lowest BCUT2D eigenvalue weighted by atomic mass is 10.1. The van der Waals surface area contributed by atoms with Crippen LogP contribution in [0.2, 0.25) is 5.15 Å². The minimum Gasteiger partial charge on any atom is -0.314 e. The SMILES string of the molecule is Clc1nc(CC2CCCN2)n2cccc(Br)c12. The third kappa shape index (κ3) is 2.09. The molecule has 0 radical (unpaired) electrons. The quantitative estimate of drug-likeness (QED) is 0.923. The molecule has 1 aliphatic heterocycles. The second kappa shape index (κ2) is 4.59. The first-order chi connectivity index (χ1) is 8.25. The Kier molecular flexibility index (Phi) is 3.11. The van der Waals surface area contributed by atoms with Gasteiger partial charge in [-0.15, -0.1) is 0 Å². The molecule has 3 nitrogen and oxygen atoms in total. The van der Waals surface area contributed by atoms with Gasteiger partial charge in [-0.3, -0.25) is 0 Å². The zero-order valence-electron chi connectivity index (χ0n) is 9.29. The van der Waals surface area contributed by atoms with Crippen molar-refractivity contribution < 1.29 is 0 Å². The van der Waals surface area contributed by atoms with Crippen LogP contribution >= 0.6 is 27.5 Å². The normalized spacial score (nSPS) is 20.2. The molecule has 1 N–H and O–H groups in total. The Morgan fingerprint density at radius 2 is 2.47 bits per heavy atom. The Bertz CT molecular complexity index is 546. The summed E-state index contributed by atoms with van der Waals surface area (Å²) >= 11 is 9.70. The topological polar surface area (TPSA) is 29.3 Å². The maximum atomic E-state index is 6.19. The van der Waals surface area contributed by atoms with E-state index >= 15 is 0 Å². The van der Waals surface area contributed by atoms with Crippen LogP contribution in [-0.2, 0) is 6.42 Å². The van der Waals surface area contributed by atoms with Crippen molar-refractivity contribution in [2.45, 2.75) is 25.3 Å². The third-order valence-corrected chi connectivity index (χ3v) is 4.14. The van der Waals surface area contributed by atoms with Crippen molar-refractivity contribution in [3.63, 3.8) is 0 Å². The monoisotopic (exact) mass is 313 g/mol. The smallest absolute Gasteiger partial charge is 0.156 e. The van der Waals surface area contributed by atoms with Crippen molar-refractivity contribution in [3.05, 3.63) is 33.8 Å². The molecule has 1 unspecified atom stereocenters. The van der Waals surface area contributed by atoms with Gasteiger partial charge in [0.15, 0.2) is 5.15 Å². The van der Waals surface area contributed by atoms with E-state index in [4.69, 9.17) is 11.6 Å². The van der Waals surface area contributed by atoms with E-state index in [1.54, 1.807) is 0 Å². The highest BCUT2D eigenvalue weighted by molar-refractivity contribution is 9.10. The van der Waals surface area contributed by atoms with Gasteiger partial charge in [0.25, 0.3) is 0 Å².